The van der Waals surface area contributed by atoms with Gasteiger partial charge in [-0.2, -0.15) is 35.1 Å². The molecule has 13 heavy (non-hydrogen) atoms. The van der Waals surface area contributed by atoms with Gasteiger partial charge in [0.05, 0.1) is 0 Å². The molecular formula is C4F8O. The molecule has 0 aromatic carbocycles. The van der Waals surface area contributed by atoms with Crippen molar-refractivity contribution in [1.29, 1.82) is 0 Å². The standard InChI is InChI=1S/C4F8O/c5-2(6,7)1(3(8,9)10)4(11,12)13-1. The van der Waals surface area contributed by atoms with Crippen LogP contribution < -0.4 is 0 Å². The lowest BCUT2D eigenvalue weighted by molar-refractivity contribution is -0.297. The van der Waals surface area contributed by atoms with Crippen molar-refractivity contribution in [2.75, 3.05) is 0 Å². The second-order valence-electron chi connectivity index (χ2n) is 2.30. The van der Waals surface area contributed by atoms with Gasteiger partial charge in [-0.3, -0.25) is 4.74 Å². The van der Waals surface area contributed by atoms with Crippen LogP contribution in [0, 0.1) is 0 Å². The molecule has 0 N–H and O–H groups in total. The molecule has 9 heteroatoms. The van der Waals surface area contributed by atoms with Crippen molar-refractivity contribution in [3.63, 3.8) is 0 Å². The van der Waals surface area contributed by atoms with Crippen molar-refractivity contribution in [2.24, 2.45) is 0 Å². The van der Waals surface area contributed by atoms with Crippen LogP contribution in [-0.2, 0) is 4.74 Å². The molecule has 0 aliphatic carbocycles. The first kappa shape index (κ1) is 10.5. The van der Waals surface area contributed by atoms with E-state index in [9.17, 15) is 35.1 Å². The summed E-state index contributed by atoms with van der Waals surface area (Å²) in [6, 6.07) is 0. The minimum absolute atomic E-state index is 2.44. The van der Waals surface area contributed by atoms with Gasteiger partial charge in [0.2, 0.25) is 0 Å². The Labute approximate surface area is 65.3 Å². The maximum Gasteiger partial charge on any atom is 0.435 e. The zero-order valence-corrected chi connectivity index (χ0v) is 5.43. The van der Waals surface area contributed by atoms with Gasteiger partial charge in [0.25, 0.3) is 0 Å². The predicted molar refractivity (Wildman–Crippen MR) is 20.9 cm³/mol. The van der Waals surface area contributed by atoms with Crippen LogP contribution in [-0.4, -0.2) is 24.1 Å². The van der Waals surface area contributed by atoms with Gasteiger partial charge in [-0.05, 0) is 0 Å². The summed E-state index contributed by atoms with van der Waals surface area (Å²) in [5, 5.41) is 0. The first-order chi connectivity index (χ1) is 5.46. The van der Waals surface area contributed by atoms with Crippen molar-refractivity contribution in [3.8, 4) is 0 Å². The summed E-state index contributed by atoms with van der Waals surface area (Å²) in [6.07, 6.45) is -17.6. The van der Waals surface area contributed by atoms with Crippen molar-refractivity contribution < 1.29 is 39.9 Å². The molecule has 0 radical (unpaired) electrons. The van der Waals surface area contributed by atoms with Gasteiger partial charge >= 0.3 is 24.1 Å². The Morgan fingerprint density at radius 2 is 1.00 bits per heavy atom. The number of epoxide rings is 1. The Kier molecular flexibility index (Phi) is 1.67. The van der Waals surface area contributed by atoms with Crippen LogP contribution >= 0.6 is 0 Å². The summed E-state index contributed by atoms with van der Waals surface area (Å²) in [7, 11) is 0. The lowest BCUT2D eigenvalue weighted by Gasteiger charge is -2.17. The van der Waals surface area contributed by atoms with E-state index in [-0.39, 0.29) is 0 Å². The molecule has 1 nitrogen and oxygen atoms in total. The molecule has 1 saturated heterocycles. The highest BCUT2D eigenvalue weighted by atomic mass is 19.4. The van der Waals surface area contributed by atoms with Crippen molar-refractivity contribution >= 4 is 0 Å². The first-order valence-electron chi connectivity index (χ1n) is 2.67. The molecule has 1 fully saturated rings. The van der Waals surface area contributed by atoms with Crippen LogP contribution in [0.2, 0.25) is 0 Å². The average molecular weight is 216 g/mol. The average Bonchev–Trinajstić information content (AvgIpc) is 2.30. The molecular weight excluding hydrogens is 216 g/mol. The monoisotopic (exact) mass is 216 g/mol. The topological polar surface area (TPSA) is 12.5 Å². The summed E-state index contributed by atoms with van der Waals surface area (Å²) in [5.74, 6) is 0. The summed E-state index contributed by atoms with van der Waals surface area (Å²) in [6.45, 7) is 0. The van der Waals surface area contributed by atoms with Crippen LogP contribution in [0.4, 0.5) is 35.1 Å². The number of halogens is 8. The quantitative estimate of drug-likeness (QED) is 0.447. The third kappa shape index (κ3) is 1.09. The van der Waals surface area contributed by atoms with E-state index in [0.717, 1.165) is 0 Å². The van der Waals surface area contributed by atoms with Gasteiger partial charge in [0, 0.05) is 0 Å². The number of hydrogen-bond donors (Lipinski definition) is 0. The minimum atomic E-state index is -6.17. The summed E-state index contributed by atoms with van der Waals surface area (Å²) >= 11 is 0. The highest BCUT2D eigenvalue weighted by molar-refractivity contribution is 5.13. The van der Waals surface area contributed by atoms with Crippen molar-refractivity contribution in [3.05, 3.63) is 0 Å². The van der Waals surface area contributed by atoms with E-state index in [4.69, 9.17) is 0 Å². The van der Waals surface area contributed by atoms with Crippen molar-refractivity contribution in [2.45, 2.75) is 24.1 Å². The summed E-state index contributed by atoms with van der Waals surface area (Å²) in [5.41, 5.74) is -5.31. The molecule has 0 spiro atoms. The zero-order chi connectivity index (χ0) is 10.7. The number of alkyl halides is 8. The van der Waals surface area contributed by atoms with Crippen molar-refractivity contribution in [1.82, 2.24) is 0 Å². The van der Waals surface area contributed by atoms with Crippen LogP contribution in [0.5, 0.6) is 0 Å². The molecule has 0 saturated carbocycles. The predicted octanol–water partition coefficient (Wildman–Crippen LogP) is 2.47. The largest absolute Gasteiger partial charge is 0.435 e. The van der Waals surface area contributed by atoms with Crippen LogP contribution in [0.3, 0.4) is 0 Å². The van der Waals surface area contributed by atoms with Gasteiger partial charge in [-0.25, -0.2) is 0 Å². The van der Waals surface area contributed by atoms with E-state index in [2.05, 4.69) is 4.74 Å². The zero-order valence-electron chi connectivity index (χ0n) is 5.43. The third-order valence-corrected chi connectivity index (χ3v) is 1.45. The van der Waals surface area contributed by atoms with Gasteiger partial charge in [-0.15, -0.1) is 0 Å². The van der Waals surface area contributed by atoms with Crippen LogP contribution in [0.1, 0.15) is 0 Å². The fourth-order valence-electron chi connectivity index (χ4n) is 0.773. The Balaban J connectivity index is 3.10. The van der Waals surface area contributed by atoms with Crippen LogP contribution in [0.15, 0.2) is 0 Å². The Bertz CT molecular complexity index is 209. The van der Waals surface area contributed by atoms with Crippen LogP contribution in [0.25, 0.3) is 0 Å². The molecule has 1 rings (SSSR count). The Morgan fingerprint density at radius 1 is 0.769 bits per heavy atom. The molecule has 1 aliphatic rings. The van der Waals surface area contributed by atoms with E-state index in [1.807, 2.05) is 0 Å². The molecule has 0 atom stereocenters. The molecule has 0 bridgehead atoms. The Hall–Kier alpha value is -0.600. The smallest absolute Gasteiger partial charge is 0.285 e. The maximum absolute atomic E-state index is 11.8. The fourth-order valence-corrected chi connectivity index (χ4v) is 0.773. The van der Waals surface area contributed by atoms with E-state index >= 15 is 0 Å². The first-order valence-corrected chi connectivity index (χ1v) is 2.67. The van der Waals surface area contributed by atoms with Gasteiger partial charge < -0.3 is 0 Å². The second-order valence-corrected chi connectivity index (χ2v) is 2.30. The lowest BCUT2D eigenvalue weighted by Crippen LogP contribution is -2.49. The Morgan fingerprint density at radius 3 is 1.00 bits per heavy atom. The molecule has 0 aromatic rings. The van der Waals surface area contributed by atoms with E-state index in [1.165, 1.54) is 0 Å². The maximum atomic E-state index is 11.8. The molecule has 1 heterocycles. The highest BCUT2D eigenvalue weighted by Crippen LogP contribution is 2.66. The third-order valence-electron chi connectivity index (χ3n) is 1.45. The molecule has 78 valence electrons. The SMILES string of the molecule is FC(F)(F)C1(C(F)(F)F)OC1(F)F. The van der Waals surface area contributed by atoms with Gasteiger partial charge in [0.15, 0.2) is 0 Å². The molecule has 0 unspecified atom stereocenters. The number of hydrogen-bond acceptors (Lipinski definition) is 1. The van der Waals surface area contributed by atoms with E-state index in [0.29, 0.717) is 0 Å². The highest BCUT2D eigenvalue weighted by Gasteiger charge is 2.98. The fraction of sp³-hybridized carbons (Fsp3) is 1.00. The molecule has 0 amide bonds. The summed E-state index contributed by atoms with van der Waals surface area (Å²) in [4.78, 5) is 0. The number of rotatable bonds is 0. The molecule has 0 aromatic heterocycles. The second kappa shape index (κ2) is 2.07. The molecule has 1 aliphatic heterocycles. The minimum Gasteiger partial charge on any atom is -0.285 e. The van der Waals surface area contributed by atoms with E-state index in [1.54, 1.807) is 0 Å². The van der Waals surface area contributed by atoms with Gasteiger partial charge in [0.1, 0.15) is 0 Å². The normalized spacial score (nSPS) is 25.8. The van der Waals surface area contributed by atoms with Gasteiger partial charge in [-0.1, -0.05) is 0 Å². The lowest BCUT2D eigenvalue weighted by atomic mass is 10.1. The summed E-state index contributed by atoms with van der Waals surface area (Å²) < 4.78 is 95.4. The van der Waals surface area contributed by atoms with E-state index < -0.39 is 24.1 Å². The number of ether oxygens (including phenoxy) is 1.